The molecule has 1 saturated heterocycles. The number of aromatic nitrogens is 1. The Kier molecular flexibility index (Phi) is 9.07. The number of fused-ring (bicyclic) bond motifs is 1. The molecule has 1 aliphatic rings. The van der Waals surface area contributed by atoms with Crippen molar-refractivity contribution in [3.8, 4) is 5.75 Å². The molecule has 0 spiro atoms. The van der Waals surface area contributed by atoms with Crippen LogP contribution in [0.1, 0.15) is 43.0 Å². The number of aliphatic hydroxyl groups excluding tert-OH is 1. The lowest BCUT2D eigenvalue weighted by molar-refractivity contribution is 0.0315. The lowest BCUT2D eigenvalue weighted by Crippen LogP contribution is -2.43. The molecule has 6 nitrogen and oxygen atoms in total. The number of methoxy groups -OCH3 is 1. The van der Waals surface area contributed by atoms with Crippen LogP contribution >= 0.6 is 0 Å². The van der Waals surface area contributed by atoms with Crippen molar-refractivity contribution in [1.82, 2.24) is 9.88 Å². The van der Waals surface area contributed by atoms with Crippen LogP contribution in [-0.2, 0) is 6.54 Å². The second-order valence-electron chi connectivity index (χ2n) is 9.97. The van der Waals surface area contributed by atoms with E-state index >= 15 is 4.39 Å². The Bertz CT molecular complexity index is 1250. The molecule has 0 saturated carbocycles. The summed E-state index contributed by atoms with van der Waals surface area (Å²) in [6.07, 6.45) is 2.42. The zero-order valence-corrected chi connectivity index (χ0v) is 21.5. The summed E-state index contributed by atoms with van der Waals surface area (Å²) in [5.41, 5.74) is 7.13. The van der Waals surface area contributed by atoms with Gasteiger partial charge in [0.1, 0.15) is 17.7 Å². The van der Waals surface area contributed by atoms with Gasteiger partial charge in [-0.05, 0) is 68.0 Å². The highest BCUT2D eigenvalue weighted by molar-refractivity contribution is 5.85. The number of rotatable bonds is 11. The molecule has 206 valence electrons. The molecule has 1 atom stereocenters. The molecular weight excluding hydrogens is 500 g/mol. The first kappa shape index (κ1) is 28.1. The van der Waals surface area contributed by atoms with Crippen LogP contribution in [0.15, 0.2) is 36.5 Å². The van der Waals surface area contributed by atoms with Crippen molar-refractivity contribution in [3.05, 3.63) is 65.1 Å². The van der Waals surface area contributed by atoms with Crippen molar-refractivity contribution in [2.45, 2.75) is 38.4 Å². The smallest absolute Gasteiger partial charge is 0.182 e. The van der Waals surface area contributed by atoms with Crippen molar-refractivity contribution in [1.29, 1.82) is 0 Å². The van der Waals surface area contributed by atoms with E-state index in [9.17, 15) is 18.3 Å². The largest absolute Gasteiger partial charge is 0.497 e. The number of nitrogens with zero attached hydrogens (tertiary/aromatic N) is 2. The molecule has 4 N–H and O–H groups in total. The second kappa shape index (κ2) is 12.3. The van der Waals surface area contributed by atoms with E-state index in [-0.39, 0.29) is 25.3 Å². The first-order valence-electron chi connectivity index (χ1n) is 12.8. The lowest BCUT2D eigenvalue weighted by atomic mass is 9.74. The van der Waals surface area contributed by atoms with Gasteiger partial charge in [-0.15, -0.1) is 0 Å². The van der Waals surface area contributed by atoms with Crippen LogP contribution < -0.4 is 15.8 Å². The van der Waals surface area contributed by atoms with Gasteiger partial charge in [-0.2, -0.15) is 0 Å². The van der Waals surface area contributed by atoms with Crippen LogP contribution in [-0.4, -0.2) is 54.9 Å². The van der Waals surface area contributed by atoms with Gasteiger partial charge in [-0.1, -0.05) is 0 Å². The number of aliphatic hydroxyl groups is 1. The molecule has 4 rings (SSSR count). The van der Waals surface area contributed by atoms with Crippen LogP contribution in [0.5, 0.6) is 5.75 Å². The minimum absolute atomic E-state index is 0.0474. The fourth-order valence-electron chi connectivity index (χ4n) is 5.24. The zero-order valence-electron chi connectivity index (χ0n) is 21.5. The molecule has 10 heteroatoms. The minimum atomic E-state index is -1.28. The Hall–Kier alpha value is -2.95. The Morgan fingerprint density at radius 1 is 1.18 bits per heavy atom. The maximum atomic E-state index is 15.8. The van der Waals surface area contributed by atoms with Gasteiger partial charge in [-0.25, -0.2) is 17.6 Å². The molecule has 3 aromatic rings. The van der Waals surface area contributed by atoms with E-state index in [0.29, 0.717) is 79.3 Å². The van der Waals surface area contributed by atoms with Gasteiger partial charge in [0.25, 0.3) is 0 Å². The first-order chi connectivity index (χ1) is 18.3. The zero-order chi connectivity index (χ0) is 27.3. The van der Waals surface area contributed by atoms with Gasteiger partial charge < -0.3 is 25.8 Å². The summed E-state index contributed by atoms with van der Waals surface area (Å²) < 4.78 is 61.8. The molecule has 2 aromatic carbocycles. The highest BCUT2D eigenvalue weighted by Gasteiger charge is 2.35. The average Bonchev–Trinajstić information content (AvgIpc) is 2.94. The number of anilines is 1. The Labute approximate surface area is 219 Å². The molecule has 1 aromatic heterocycles. The number of hydrogen-bond donors (Lipinski definition) is 3. The van der Waals surface area contributed by atoms with E-state index in [2.05, 4.69) is 15.2 Å². The van der Waals surface area contributed by atoms with Gasteiger partial charge in [-0.3, -0.25) is 4.98 Å². The maximum Gasteiger partial charge on any atom is 0.182 e. The molecule has 1 aliphatic heterocycles. The Balaban J connectivity index is 1.35. The lowest BCUT2D eigenvalue weighted by Gasteiger charge is -2.41. The van der Waals surface area contributed by atoms with E-state index in [0.717, 1.165) is 6.07 Å². The van der Waals surface area contributed by atoms with Crippen LogP contribution in [0.3, 0.4) is 0 Å². The van der Waals surface area contributed by atoms with Crippen LogP contribution in [0.25, 0.3) is 10.9 Å². The fraction of sp³-hybridized carbons (Fsp3) is 0.464. The highest BCUT2D eigenvalue weighted by atomic mass is 19.2. The summed E-state index contributed by atoms with van der Waals surface area (Å²) in [7, 11) is 1.56. The third-order valence-electron chi connectivity index (χ3n) is 7.65. The first-order valence-corrected chi connectivity index (χ1v) is 12.8. The third kappa shape index (κ3) is 6.19. The minimum Gasteiger partial charge on any atom is -0.497 e. The maximum absolute atomic E-state index is 15.8. The Morgan fingerprint density at radius 2 is 1.95 bits per heavy atom. The van der Waals surface area contributed by atoms with Crippen molar-refractivity contribution in [3.63, 3.8) is 0 Å². The molecule has 38 heavy (non-hydrogen) atoms. The molecule has 2 heterocycles. The topological polar surface area (TPSA) is 83.6 Å². The van der Waals surface area contributed by atoms with E-state index in [4.69, 9.17) is 10.5 Å². The molecular formula is C28H34F4N4O2. The number of benzene rings is 2. The normalized spacial score (nSPS) is 16.5. The number of piperidine rings is 1. The monoisotopic (exact) mass is 534 g/mol. The predicted molar refractivity (Wildman–Crippen MR) is 139 cm³/mol. The summed E-state index contributed by atoms with van der Waals surface area (Å²) in [6.45, 7) is 2.30. The second-order valence-corrected chi connectivity index (χ2v) is 9.97. The molecule has 0 amide bonds. The molecule has 0 unspecified atom stereocenters. The molecule has 0 radical (unpaired) electrons. The number of pyridine rings is 1. The standard InChI is InChI=1S/C28H34F4N4O2/c1-38-20-2-3-24-21(14-20)26(18(15-33)16-35-24)22(30)4-5-28(17-37)6-9-36(10-7-28)11-8-34-25-13-19(29)12-23(31)27(25)32/h2-3,12-14,16,22,34,37H,4-11,15,17,33H2,1H3/t22-/m1/s1. The number of nitrogens with one attached hydrogen (secondary N) is 1. The molecule has 0 bridgehead atoms. The summed E-state index contributed by atoms with van der Waals surface area (Å²) >= 11 is 0. The summed E-state index contributed by atoms with van der Waals surface area (Å²) in [5.74, 6) is -2.58. The quantitative estimate of drug-likeness (QED) is 0.235. The van der Waals surface area contributed by atoms with Crippen molar-refractivity contribution in [2.75, 3.05) is 45.2 Å². The van der Waals surface area contributed by atoms with Gasteiger partial charge in [0, 0.05) is 55.5 Å². The number of halogens is 4. The van der Waals surface area contributed by atoms with Gasteiger partial charge in [0.15, 0.2) is 11.6 Å². The van der Waals surface area contributed by atoms with Crippen LogP contribution in [0, 0.1) is 22.9 Å². The predicted octanol–water partition coefficient (Wildman–Crippen LogP) is 5.10. The van der Waals surface area contributed by atoms with Crippen molar-refractivity contribution < 1.29 is 27.4 Å². The van der Waals surface area contributed by atoms with Crippen LogP contribution in [0.2, 0.25) is 0 Å². The van der Waals surface area contributed by atoms with Gasteiger partial charge in [0.05, 0.1) is 18.3 Å². The number of likely N-dealkylation sites (tertiary alicyclic amines) is 1. The number of ether oxygens (including phenoxy) is 1. The van der Waals surface area contributed by atoms with E-state index < -0.39 is 29.0 Å². The van der Waals surface area contributed by atoms with Crippen LogP contribution in [0.4, 0.5) is 23.2 Å². The van der Waals surface area contributed by atoms with E-state index in [1.54, 1.807) is 31.5 Å². The number of nitrogens with two attached hydrogens (primary N) is 1. The van der Waals surface area contributed by atoms with Gasteiger partial charge >= 0.3 is 0 Å². The van der Waals surface area contributed by atoms with Gasteiger partial charge in [0.2, 0.25) is 0 Å². The summed E-state index contributed by atoms with van der Waals surface area (Å²) in [5, 5.41) is 13.7. The molecule has 1 fully saturated rings. The van der Waals surface area contributed by atoms with Crippen molar-refractivity contribution in [2.24, 2.45) is 11.1 Å². The highest BCUT2D eigenvalue weighted by Crippen LogP contribution is 2.41. The van der Waals surface area contributed by atoms with E-state index in [1.165, 1.54) is 0 Å². The van der Waals surface area contributed by atoms with E-state index in [1.807, 2.05) is 0 Å². The number of hydrogen-bond acceptors (Lipinski definition) is 6. The summed E-state index contributed by atoms with van der Waals surface area (Å²) in [6, 6.07) is 6.79. The fourth-order valence-corrected chi connectivity index (χ4v) is 5.24. The molecule has 0 aliphatic carbocycles. The average molecular weight is 535 g/mol. The third-order valence-corrected chi connectivity index (χ3v) is 7.65. The van der Waals surface area contributed by atoms with Crippen molar-refractivity contribution >= 4 is 16.6 Å². The number of alkyl halides is 1. The summed E-state index contributed by atoms with van der Waals surface area (Å²) in [4.78, 5) is 6.54. The SMILES string of the molecule is COc1ccc2ncc(CN)c([C@H](F)CCC3(CO)CCN(CCNc4cc(F)cc(F)c4F)CC3)c2c1. The Morgan fingerprint density at radius 3 is 2.63 bits per heavy atom.